The summed E-state index contributed by atoms with van der Waals surface area (Å²) in [5.41, 5.74) is 0.0544. The van der Waals surface area contributed by atoms with Crippen molar-refractivity contribution in [3.05, 3.63) is 0 Å². The Balaban J connectivity index is 2.42. The molecule has 1 aliphatic rings. The zero-order chi connectivity index (χ0) is 16.8. The van der Waals surface area contributed by atoms with E-state index in [-0.39, 0.29) is 23.5 Å². The lowest BCUT2D eigenvalue weighted by atomic mass is 9.82. The molecule has 0 saturated carbocycles. The maximum Gasteiger partial charge on any atom is 0.249 e. The third-order valence-corrected chi connectivity index (χ3v) is 4.32. The third-order valence-electron chi connectivity index (χ3n) is 4.32. The molecule has 0 aromatic rings. The van der Waals surface area contributed by atoms with Crippen LogP contribution in [0.3, 0.4) is 0 Å². The molecule has 1 aliphatic heterocycles. The Labute approximate surface area is 136 Å². The van der Waals surface area contributed by atoms with Gasteiger partial charge < -0.3 is 14.8 Å². The summed E-state index contributed by atoms with van der Waals surface area (Å²) in [5, 5.41) is 3.18. The second-order valence-corrected chi connectivity index (χ2v) is 8.01. The Morgan fingerprint density at radius 3 is 2.45 bits per heavy atom. The van der Waals surface area contributed by atoms with Crippen molar-refractivity contribution in [3.63, 3.8) is 0 Å². The van der Waals surface area contributed by atoms with Crippen LogP contribution in [0.25, 0.3) is 0 Å². The van der Waals surface area contributed by atoms with Crippen LogP contribution in [-0.2, 0) is 14.3 Å². The van der Waals surface area contributed by atoms with Gasteiger partial charge in [-0.15, -0.1) is 0 Å². The third kappa shape index (κ3) is 7.10. The van der Waals surface area contributed by atoms with Gasteiger partial charge in [0, 0.05) is 12.6 Å². The summed E-state index contributed by atoms with van der Waals surface area (Å²) < 4.78 is 11.2. The maximum atomic E-state index is 12.4. The Kier molecular flexibility index (Phi) is 7.84. The molecule has 1 fully saturated rings. The molecule has 0 radical (unpaired) electrons. The number of ether oxygens (including phenoxy) is 2. The minimum absolute atomic E-state index is 0.0123. The van der Waals surface area contributed by atoms with Gasteiger partial charge in [0.2, 0.25) is 5.91 Å². The van der Waals surface area contributed by atoms with E-state index >= 15 is 0 Å². The molecule has 1 heterocycles. The highest BCUT2D eigenvalue weighted by atomic mass is 16.5. The molecule has 0 aromatic heterocycles. The first-order valence-corrected chi connectivity index (χ1v) is 8.73. The van der Waals surface area contributed by atoms with Crippen molar-refractivity contribution in [1.29, 1.82) is 0 Å². The molecule has 4 nitrogen and oxygen atoms in total. The molecule has 1 rings (SSSR count). The molecule has 0 aromatic carbocycles. The largest absolute Gasteiger partial charge is 0.376 e. The molecule has 0 bridgehead atoms. The summed E-state index contributed by atoms with van der Waals surface area (Å²) in [7, 11) is 0. The van der Waals surface area contributed by atoms with E-state index in [9.17, 15) is 4.79 Å². The highest BCUT2D eigenvalue weighted by molar-refractivity contribution is 5.80. The molecular weight excluding hydrogens is 278 g/mol. The van der Waals surface area contributed by atoms with Gasteiger partial charge >= 0.3 is 0 Å². The van der Waals surface area contributed by atoms with Gasteiger partial charge in [-0.05, 0) is 43.9 Å². The summed E-state index contributed by atoms with van der Waals surface area (Å²) in [4.78, 5) is 12.4. The fourth-order valence-electron chi connectivity index (χ4n) is 2.61. The van der Waals surface area contributed by atoms with Gasteiger partial charge in [-0.1, -0.05) is 34.6 Å². The molecule has 3 unspecified atom stereocenters. The lowest BCUT2D eigenvalue weighted by Crippen LogP contribution is -2.48. The van der Waals surface area contributed by atoms with Crippen LogP contribution in [0, 0.1) is 11.3 Å². The first kappa shape index (κ1) is 19.4. The van der Waals surface area contributed by atoms with E-state index in [0.29, 0.717) is 12.5 Å². The summed E-state index contributed by atoms with van der Waals surface area (Å²) in [6.45, 7) is 14.1. The lowest BCUT2D eigenvalue weighted by Gasteiger charge is -2.33. The Morgan fingerprint density at radius 2 is 1.95 bits per heavy atom. The van der Waals surface area contributed by atoms with Crippen LogP contribution >= 0.6 is 0 Å². The minimum atomic E-state index is -0.423. The summed E-state index contributed by atoms with van der Waals surface area (Å²) in [6.07, 6.45) is 3.99. The fourth-order valence-corrected chi connectivity index (χ4v) is 2.61. The average molecular weight is 313 g/mol. The van der Waals surface area contributed by atoms with Crippen LogP contribution in [-0.4, -0.2) is 37.4 Å². The average Bonchev–Trinajstić information content (AvgIpc) is 2.92. The van der Waals surface area contributed by atoms with E-state index in [2.05, 4.69) is 39.9 Å². The van der Waals surface area contributed by atoms with Crippen molar-refractivity contribution in [2.75, 3.05) is 13.2 Å². The topological polar surface area (TPSA) is 47.6 Å². The van der Waals surface area contributed by atoms with Crippen molar-refractivity contribution in [2.45, 2.75) is 85.5 Å². The number of hydrogen-bond acceptors (Lipinski definition) is 3. The molecule has 4 heteroatoms. The molecule has 1 saturated heterocycles. The number of amides is 1. The Morgan fingerprint density at radius 1 is 1.27 bits per heavy atom. The first-order valence-electron chi connectivity index (χ1n) is 8.73. The van der Waals surface area contributed by atoms with Crippen LogP contribution in [0.1, 0.15) is 67.2 Å². The van der Waals surface area contributed by atoms with Gasteiger partial charge in [0.1, 0.15) is 6.10 Å². The number of rotatable bonds is 8. The zero-order valence-electron chi connectivity index (χ0n) is 15.3. The van der Waals surface area contributed by atoms with Crippen LogP contribution in [0.5, 0.6) is 0 Å². The van der Waals surface area contributed by atoms with Crippen LogP contribution in [0.2, 0.25) is 0 Å². The lowest BCUT2D eigenvalue weighted by molar-refractivity contribution is -0.135. The quantitative estimate of drug-likeness (QED) is 0.745. The fraction of sp³-hybridized carbons (Fsp3) is 0.944. The molecule has 1 amide bonds. The SMILES string of the molecule is CC(C)CCC(NC(=O)C(C)OCC1CCCO1)C(C)(C)C. The standard InChI is InChI=1S/C18H35NO3/c1-13(2)9-10-16(18(4,5)6)19-17(20)14(3)22-12-15-8-7-11-21-15/h13-16H,7-12H2,1-6H3,(H,19,20). The van der Waals surface area contributed by atoms with Crippen LogP contribution in [0.4, 0.5) is 0 Å². The molecule has 1 N–H and O–H groups in total. The number of carbonyl (C=O) groups is 1. The molecule has 0 aliphatic carbocycles. The van der Waals surface area contributed by atoms with Gasteiger partial charge in [0.15, 0.2) is 0 Å². The first-order chi connectivity index (χ1) is 10.2. The number of carbonyl (C=O) groups excluding carboxylic acids is 1. The van der Waals surface area contributed by atoms with Gasteiger partial charge in [0.05, 0.1) is 12.7 Å². The highest BCUT2D eigenvalue weighted by Gasteiger charge is 2.28. The van der Waals surface area contributed by atoms with Gasteiger partial charge in [-0.3, -0.25) is 4.79 Å². The van der Waals surface area contributed by atoms with Crippen molar-refractivity contribution in [2.24, 2.45) is 11.3 Å². The predicted molar refractivity (Wildman–Crippen MR) is 89.8 cm³/mol. The Bertz CT molecular complexity index is 330. The van der Waals surface area contributed by atoms with E-state index in [4.69, 9.17) is 9.47 Å². The molecule has 3 atom stereocenters. The van der Waals surface area contributed by atoms with Crippen LogP contribution < -0.4 is 5.32 Å². The highest BCUT2D eigenvalue weighted by Crippen LogP contribution is 2.24. The second kappa shape index (κ2) is 8.88. The normalized spacial score (nSPS) is 21.9. The molecule has 0 spiro atoms. The van der Waals surface area contributed by atoms with Gasteiger partial charge in [0.25, 0.3) is 0 Å². The van der Waals surface area contributed by atoms with Crippen molar-refractivity contribution in [3.8, 4) is 0 Å². The van der Waals surface area contributed by atoms with Crippen molar-refractivity contribution in [1.82, 2.24) is 5.32 Å². The summed E-state index contributed by atoms with van der Waals surface area (Å²) in [6, 6.07) is 0.177. The van der Waals surface area contributed by atoms with E-state index in [1.807, 2.05) is 6.92 Å². The summed E-state index contributed by atoms with van der Waals surface area (Å²) >= 11 is 0. The second-order valence-electron chi connectivity index (χ2n) is 8.01. The van der Waals surface area contributed by atoms with Crippen molar-refractivity contribution < 1.29 is 14.3 Å². The van der Waals surface area contributed by atoms with Gasteiger partial charge in [-0.2, -0.15) is 0 Å². The monoisotopic (exact) mass is 313 g/mol. The van der Waals surface area contributed by atoms with Gasteiger partial charge in [-0.25, -0.2) is 0 Å². The van der Waals surface area contributed by atoms with E-state index < -0.39 is 6.10 Å². The van der Waals surface area contributed by atoms with E-state index in [1.54, 1.807) is 0 Å². The molecule has 22 heavy (non-hydrogen) atoms. The molecular formula is C18H35NO3. The van der Waals surface area contributed by atoms with Crippen molar-refractivity contribution >= 4 is 5.91 Å². The smallest absolute Gasteiger partial charge is 0.249 e. The number of hydrogen-bond donors (Lipinski definition) is 1. The predicted octanol–water partition coefficient (Wildman–Crippen LogP) is 3.54. The van der Waals surface area contributed by atoms with E-state index in [0.717, 1.165) is 32.3 Å². The number of nitrogens with one attached hydrogen (secondary N) is 1. The molecule has 130 valence electrons. The Hall–Kier alpha value is -0.610. The van der Waals surface area contributed by atoms with Crippen LogP contribution in [0.15, 0.2) is 0 Å². The maximum absolute atomic E-state index is 12.4. The zero-order valence-corrected chi connectivity index (χ0v) is 15.3. The minimum Gasteiger partial charge on any atom is -0.376 e. The van der Waals surface area contributed by atoms with E-state index in [1.165, 1.54) is 0 Å². The summed E-state index contributed by atoms with van der Waals surface area (Å²) in [5.74, 6) is 0.636.